The molecule has 0 aliphatic rings. The Hall–Kier alpha value is -2.07. The summed E-state index contributed by atoms with van der Waals surface area (Å²) in [6.45, 7) is 7.10. The molecule has 1 amide bonds. The van der Waals surface area contributed by atoms with Crippen LogP contribution >= 0.6 is 0 Å². The quantitative estimate of drug-likeness (QED) is 0.612. The van der Waals surface area contributed by atoms with Crippen LogP contribution in [0.5, 0.6) is 0 Å². The van der Waals surface area contributed by atoms with Crippen molar-refractivity contribution in [3.8, 4) is 0 Å². The van der Waals surface area contributed by atoms with Crippen molar-refractivity contribution in [2.75, 3.05) is 20.3 Å². The van der Waals surface area contributed by atoms with Crippen molar-refractivity contribution >= 4 is 5.91 Å². The van der Waals surface area contributed by atoms with Gasteiger partial charge >= 0.3 is 0 Å². The summed E-state index contributed by atoms with van der Waals surface area (Å²) >= 11 is 0. The minimum absolute atomic E-state index is 0.224. The molecule has 0 aliphatic heterocycles. The van der Waals surface area contributed by atoms with E-state index in [0.717, 1.165) is 25.9 Å². The van der Waals surface area contributed by atoms with Crippen LogP contribution in [0.1, 0.15) is 43.0 Å². The van der Waals surface area contributed by atoms with Crippen LogP contribution in [0.3, 0.4) is 0 Å². The average Bonchev–Trinajstić information content (AvgIpc) is 3.03. The molecule has 1 aromatic heterocycles. The van der Waals surface area contributed by atoms with E-state index in [0.29, 0.717) is 19.6 Å². The summed E-state index contributed by atoms with van der Waals surface area (Å²) in [5, 5.41) is 0. The number of aryl methyl sites for hydroxylation is 1. The zero-order valence-electron chi connectivity index (χ0n) is 15.7. The van der Waals surface area contributed by atoms with Gasteiger partial charge in [-0.05, 0) is 43.0 Å². The molecule has 0 spiro atoms. The van der Waals surface area contributed by atoms with Gasteiger partial charge in [-0.3, -0.25) is 4.79 Å². The number of ether oxygens (including phenoxy) is 1. The Morgan fingerprint density at radius 3 is 2.72 bits per heavy atom. The highest BCUT2D eigenvalue weighted by atomic mass is 16.5. The van der Waals surface area contributed by atoms with Crippen molar-refractivity contribution in [2.45, 2.75) is 46.2 Å². The second kappa shape index (κ2) is 10.0. The van der Waals surface area contributed by atoms with Crippen LogP contribution in [-0.4, -0.2) is 35.6 Å². The van der Waals surface area contributed by atoms with Crippen LogP contribution in [-0.2, 0) is 22.6 Å². The van der Waals surface area contributed by atoms with E-state index < -0.39 is 0 Å². The third kappa shape index (κ3) is 5.75. The van der Waals surface area contributed by atoms with Crippen molar-refractivity contribution < 1.29 is 9.53 Å². The number of benzene rings is 1. The van der Waals surface area contributed by atoms with E-state index in [-0.39, 0.29) is 5.91 Å². The Bertz CT molecular complexity index is 663. The summed E-state index contributed by atoms with van der Waals surface area (Å²) in [7, 11) is 1.70. The number of nitrogens with zero attached hydrogens (tertiary/aromatic N) is 2. The number of carbonyl (C=O) groups excluding carboxylic acids is 1. The average molecular weight is 342 g/mol. The molecule has 25 heavy (non-hydrogen) atoms. The topological polar surface area (TPSA) is 34.5 Å². The first-order valence-corrected chi connectivity index (χ1v) is 9.11. The van der Waals surface area contributed by atoms with Crippen LogP contribution in [0.2, 0.25) is 0 Å². The van der Waals surface area contributed by atoms with Gasteiger partial charge in [-0.15, -0.1) is 0 Å². The SMILES string of the molecule is CCCC(=O)N(CCCOC)Cc1cccn1Cc1ccccc1C. The summed E-state index contributed by atoms with van der Waals surface area (Å²) in [5.41, 5.74) is 3.78. The molecule has 1 aromatic carbocycles. The molecule has 0 atom stereocenters. The predicted octanol–water partition coefficient (Wildman–Crippen LogP) is 4.01. The van der Waals surface area contributed by atoms with Crippen molar-refractivity contribution in [3.05, 3.63) is 59.4 Å². The molecular weight excluding hydrogens is 312 g/mol. The molecule has 0 bridgehead atoms. The first-order valence-electron chi connectivity index (χ1n) is 9.11. The van der Waals surface area contributed by atoms with Gasteiger partial charge in [-0.25, -0.2) is 0 Å². The normalized spacial score (nSPS) is 10.8. The standard InChI is InChI=1S/C21H30N2O2/c1-4-9-21(24)23(14-8-15-25-3)17-20-12-7-13-22(20)16-19-11-6-5-10-18(19)2/h5-7,10-13H,4,8-9,14-17H2,1-3H3. The van der Waals surface area contributed by atoms with E-state index in [1.807, 2.05) is 11.8 Å². The van der Waals surface area contributed by atoms with E-state index in [1.54, 1.807) is 7.11 Å². The molecule has 0 radical (unpaired) electrons. The molecule has 4 heteroatoms. The van der Waals surface area contributed by atoms with Crippen LogP contribution in [0.25, 0.3) is 0 Å². The summed E-state index contributed by atoms with van der Waals surface area (Å²) in [6, 6.07) is 12.6. The first-order chi connectivity index (χ1) is 12.2. The minimum Gasteiger partial charge on any atom is -0.385 e. The zero-order valence-corrected chi connectivity index (χ0v) is 15.7. The van der Waals surface area contributed by atoms with Gasteiger partial charge in [0.2, 0.25) is 5.91 Å². The van der Waals surface area contributed by atoms with Gasteiger partial charge in [-0.2, -0.15) is 0 Å². The van der Waals surface area contributed by atoms with E-state index in [9.17, 15) is 4.79 Å². The Balaban J connectivity index is 2.09. The molecular formula is C21H30N2O2. The Morgan fingerprint density at radius 2 is 2.00 bits per heavy atom. The van der Waals surface area contributed by atoms with Crippen LogP contribution in [0.15, 0.2) is 42.6 Å². The van der Waals surface area contributed by atoms with Crippen molar-refractivity contribution in [2.24, 2.45) is 0 Å². The largest absolute Gasteiger partial charge is 0.385 e. The highest BCUT2D eigenvalue weighted by Gasteiger charge is 2.15. The van der Waals surface area contributed by atoms with E-state index in [1.165, 1.54) is 16.8 Å². The van der Waals surface area contributed by atoms with Gasteiger partial charge < -0.3 is 14.2 Å². The summed E-state index contributed by atoms with van der Waals surface area (Å²) in [4.78, 5) is 14.4. The maximum absolute atomic E-state index is 12.5. The number of hydrogen-bond acceptors (Lipinski definition) is 2. The lowest BCUT2D eigenvalue weighted by Crippen LogP contribution is -2.32. The fourth-order valence-corrected chi connectivity index (χ4v) is 2.98. The van der Waals surface area contributed by atoms with Crippen LogP contribution < -0.4 is 0 Å². The van der Waals surface area contributed by atoms with Gasteiger partial charge in [0, 0.05) is 45.1 Å². The number of methoxy groups -OCH3 is 1. The molecule has 0 fully saturated rings. The Morgan fingerprint density at radius 1 is 1.20 bits per heavy atom. The molecule has 136 valence electrons. The monoisotopic (exact) mass is 342 g/mol. The number of hydrogen-bond donors (Lipinski definition) is 0. The van der Waals surface area contributed by atoms with Gasteiger partial charge in [0.1, 0.15) is 0 Å². The second-order valence-electron chi connectivity index (χ2n) is 6.47. The molecule has 4 nitrogen and oxygen atoms in total. The van der Waals surface area contributed by atoms with Crippen LogP contribution in [0, 0.1) is 6.92 Å². The lowest BCUT2D eigenvalue weighted by atomic mass is 10.1. The first kappa shape index (κ1) is 19.3. The molecule has 1 heterocycles. The lowest BCUT2D eigenvalue weighted by Gasteiger charge is -2.24. The Kier molecular flexibility index (Phi) is 7.74. The molecule has 0 saturated carbocycles. The minimum atomic E-state index is 0.224. The van der Waals surface area contributed by atoms with Gasteiger partial charge in [0.05, 0.1) is 6.54 Å². The zero-order chi connectivity index (χ0) is 18.1. The third-order valence-corrected chi connectivity index (χ3v) is 4.47. The number of aromatic nitrogens is 1. The van der Waals surface area contributed by atoms with E-state index in [2.05, 4.69) is 54.1 Å². The third-order valence-electron chi connectivity index (χ3n) is 4.47. The molecule has 2 aromatic rings. The lowest BCUT2D eigenvalue weighted by molar-refractivity contribution is -0.132. The van der Waals surface area contributed by atoms with Gasteiger partial charge in [0.25, 0.3) is 0 Å². The predicted molar refractivity (Wildman–Crippen MR) is 102 cm³/mol. The highest BCUT2D eigenvalue weighted by Crippen LogP contribution is 2.14. The van der Waals surface area contributed by atoms with Crippen LogP contribution in [0.4, 0.5) is 0 Å². The summed E-state index contributed by atoms with van der Waals surface area (Å²) in [6.07, 6.45) is 4.44. The van der Waals surface area contributed by atoms with Gasteiger partial charge in [0.15, 0.2) is 0 Å². The maximum atomic E-state index is 12.5. The smallest absolute Gasteiger partial charge is 0.222 e. The second-order valence-corrected chi connectivity index (χ2v) is 6.47. The fraction of sp³-hybridized carbons (Fsp3) is 0.476. The molecule has 2 rings (SSSR count). The van der Waals surface area contributed by atoms with Crippen molar-refractivity contribution in [1.29, 1.82) is 0 Å². The maximum Gasteiger partial charge on any atom is 0.222 e. The van der Waals surface area contributed by atoms with Gasteiger partial charge in [-0.1, -0.05) is 31.2 Å². The number of amides is 1. The van der Waals surface area contributed by atoms with E-state index >= 15 is 0 Å². The molecule has 0 N–H and O–H groups in total. The Labute approximate surface area is 151 Å². The van der Waals surface area contributed by atoms with E-state index in [4.69, 9.17) is 4.74 Å². The fourth-order valence-electron chi connectivity index (χ4n) is 2.98. The number of rotatable bonds is 10. The summed E-state index contributed by atoms with van der Waals surface area (Å²) < 4.78 is 7.38. The molecule has 0 unspecified atom stereocenters. The molecule has 0 aliphatic carbocycles. The number of carbonyl (C=O) groups is 1. The summed E-state index contributed by atoms with van der Waals surface area (Å²) in [5.74, 6) is 0.224. The highest BCUT2D eigenvalue weighted by molar-refractivity contribution is 5.76. The molecule has 0 saturated heterocycles. The van der Waals surface area contributed by atoms with Crippen molar-refractivity contribution in [1.82, 2.24) is 9.47 Å². The van der Waals surface area contributed by atoms with Crippen molar-refractivity contribution in [3.63, 3.8) is 0 Å².